The molecule has 0 spiro atoms. The second kappa shape index (κ2) is 5.03. The van der Waals surface area contributed by atoms with Gasteiger partial charge in [0, 0.05) is 24.2 Å². The molecule has 0 radical (unpaired) electrons. The third kappa shape index (κ3) is 2.25. The van der Waals surface area contributed by atoms with Gasteiger partial charge in [-0.05, 0) is 60.1 Å². The Kier molecular flexibility index (Phi) is 3.03. The number of benzene rings is 2. The Bertz CT molecular complexity index is 704. The number of Topliss-reactive ketones (excluding diaryl/α,β-unsaturated/α-hetero) is 1. The summed E-state index contributed by atoms with van der Waals surface area (Å²) in [5.41, 5.74) is 6.14. The van der Waals surface area contributed by atoms with E-state index in [9.17, 15) is 4.79 Å². The standard InChI is InChI=1S/C19H19NO/c21-19(12-16-10-13-4-1-2-6-17(13)16)15-7-8-18-14(11-15)5-3-9-20-18/h1-2,4,6-8,11,16,20H,3,5,9-10,12H2. The minimum Gasteiger partial charge on any atom is -0.385 e. The van der Waals surface area contributed by atoms with Crippen molar-refractivity contribution in [2.45, 2.75) is 31.6 Å². The lowest BCUT2D eigenvalue weighted by Crippen LogP contribution is -2.20. The molecule has 2 aliphatic rings. The summed E-state index contributed by atoms with van der Waals surface area (Å²) < 4.78 is 0. The number of rotatable bonds is 3. The quantitative estimate of drug-likeness (QED) is 0.860. The van der Waals surface area contributed by atoms with Gasteiger partial charge in [0.2, 0.25) is 0 Å². The highest BCUT2D eigenvalue weighted by molar-refractivity contribution is 5.97. The Morgan fingerprint density at radius 3 is 2.95 bits per heavy atom. The van der Waals surface area contributed by atoms with Gasteiger partial charge in [0.1, 0.15) is 0 Å². The average Bonchev–Trinajstić information content (AvgIpc) is 2.52. The number of nitrogens with one attached hydrogen (secondary N) is 1. The first-order valence-corrected chi connectivity index (χ1v) is 7.79. The number of fused-ring (bicyclic) bond motifs is 2. The third-order valence-corrected chi connectivity index (χ3v) is 4.76. The molecule has 0 bridgehead atoms. The van der Waals surface area contributed by atoms with Gasteiger partial charge in [0.05, 0.1) is 0 Å². The van der Waals surface area contributed by atoms with Gasteiger partial charge in [-0.25, -0.2) is 0 Å². The van der Waals surface area contributed by atoms with Crippen LogP contribution in [0.3, 0.4) is 0 Å². The number of carbonyl (C=O) groups is 1. The maximum Gasteiger partial charge on any atom is 0.163 e. The summed E-state index contributed by atoms with van der Waals surface area (Å²) in [6.45, 7) is 1.04. The van der Waals surface area contributed by atoms with E-state index >= 15 is 0 Å². The summed E-state index contributed by atoms with van der Waals surface area (Å²) in [6.07, 6.45) is 3.92. The number of anilines is 1. The molecule has 1 aliphatic heterocycles. The highest BCUT2D eigenvalue weighted by atomic mass is 16.1. The lowest BCUT2D eigenvalue weighted by Gasteiger charge is -2.29. The number of carbonyl (C=O) groups excluding carboxylic acids is 1. The van der Waals surface area contributed by atoms with Crippen molar-refractivity contribution in [1.82, 2.24) is 0 Å². The minimum absolute atomic E-state index is 0.280. The highest BCUT2D eigenvalue weighted by Crippen LogP contribution is 2.38. The smallest absolute Gasteiger partial charge is 0.163 e. The van der Waals surface area contributed by atoms with Crippen molar-refractivity contribution < 1.29 is 4.79 Å². The van der Waals surface area contributed by atoms with E-state index in [-0.39, 0.29) is 5.78 Å². The van der Waals surface area contributed by atoms with E-state index in [4.69, 9.17) is 0 Å². The fourth-order valence-corrected chi connectivity index (χ4v) is 3.53. The number of ketones is 1. The first-order chi connectivity index (χ1) is 10.3. The Labute approximate surface area is 125 Å². The van der Waals surface area contributed by atoms with E-state index in [1.54, 1.807) is 0 Å². The summed E-state index contributed by atoms with van der Waals surface area (Å²) in [7, 11) is 0. The van der Waals surface area contributed by atoms with Crippen LogP contribution in [0.25, 0.3) is 0 Å². The molecule has 0 saturated heterocycles. The summed E-state index contributed by atoms with van der Waals surface area (Å²) >= 11 is 0. The summed E-state index contributed by atoms with van der Waals surface area (Å²) in [5, 5.41) is 3.39. The molecule has 0 amide bonds. The van der Waals surface area contributed by atoms with Crippen molar-refractivity contribution in [3.8, 4) is 0 Å². The van der Waals surface area contributed by atoms with Crippen LogP contribution in [-0.4, -0.2) is 12.3 Å². The maximum atomic E-state index is 12.5. The minimum atomic E-state index is 0.280. The normalized spacial score (nSPS) is 19.0. The zero-order valence-electron chi connectivity index (χ0n) is 12.1. The topological polar surface area (TPSA) is 29.1 Å². The van der Waals surface area contributed by atoms with Crippen LogP contribution in [0.5, 0.6) is 0 Å². The van der Waals surface area contributed by atoms with Crippen LogP contribution in [0.4, 0.5) is 5.69 Å². The van der Waals surface area contributed by atoms with E-state index in [0.29, 0.717) is 12.3 Å². The Morgan fingerprint density at radius 2 is 2.05 bits per heavy atom. The highest BCUT2D eigenvalue weighted by Gasteiger charge is 2.27. The lowest BCUT2D eigenvalue weighted by molar-refractivity contribution is 0.0970. The van der Waals surface area contributed by atoms with Crippen LogP contribution >= 0.6 is 0 Å². The molecule has 0 aromatic heterocycles. The van der Waals surface area contributed by atoms with Crippen LogP contribution in [0.15, 0.2) is 42.5 Å². The molecule has 4 rings (SSSR count). The van der Waals surface area contributed by atoms with Gasteiger partial charge in [0.15, 0.2) is 5.78 Å². The zero-order chi connectivity index (χ0) is 14.2. The Hall–Kier alpha value is -2.09. The van der Waals surface area contributed by atoms with Gasteiger partial charge < -0.3 is 5.32 Å². The van der Waals surface area contributed by atoms with Crippen LogP contribution in [0, 0.1) is 0 Å². The molecule has 1 atom stereocenters. The first-order valence-electron chi connectivity index (χ1n) is 7.79. The summed E-state index contributed by atoms with van der Waals surface area (Å²) in [5.74, 6) is 0.700. The molecule has 1 unspecified atom stereocenters. The SMILES string of the molecule is O=C(CC1Cc2ccccc21)c1ccc2c(c1)CCCN2. The van der Waals surface area contributed by atoms with Crippen molar-refractivity contribution in [1.29, 1.82) is 0 Å². The van der Waals surface area contributed by atoms with E-state index in [2.05, 4.69) is 41.7 Å². The maximum absolute atomic E-state index is 12.5. The van der Waals surface area contributed by atoms with Gasteiger partial charge in [-0.1, -0.05) is 24.3 Å². The monoisotopic (exact) mass is 277 g/mol. The van der Waals surface area contributed by atoms with Crippen LogP contribution < -0.4 is 5.32 Å². The van der Waals surface area contributed by atoms with Crippen LogP contribution in [0.1, 0.15) is 45.8 Å². The molecule has 21 heavy (non-hydrogen) atoms. The van der Waals surface area contributed by atoms with Gasteiger partial charge in [0.25, 0.3) is 0 Å². The summed E-state index contributed by atoms with van der Waals surface area (Å²) in [6, 6.07) is 14.6. The van der Waals surface area contributed by atoms with Crippen molar-refractivity contribution in [2.75, 3.05) is 11.9 Å². The second-order valence-electron chi connectivity index (χ2n) is 6.13. The Balaban J connectivity index is 1.51. The van der Waals surface area contributed by atoms with E-state index in [1.807, 2.05) is 6.07 Å². The molecule has 2 nitrogen and oxygen atoms in total. The van der Waals surface area contributed by atoms with Gasteiger partial charge >= 0.3 is 0 Å². The third-order valence-electron chi connectivity index (χ3n) is 4.76. The van der Waals surface area contributed by atoms with Crippen molar-refractivity contribution in [2.24, 2.45) is 0 Å². The average molecular weight is 277 g/mol. The lowest BCUT2D eigenvalue weighted by atomic mass is 9.74. The molecule has 1 heterocycles. The molecule has 2 aromatic carbocycles. The molecular formula is C19H19NO. The number of aryl methyl sites for hydroxylation is 1. The predicted octanol–water partition coefficient (Wildman–Crippen LogP) is 3.96. The zero-order valence-corrected chi connectivity index (χ0v) is 12.1. The van der Waals surface area contributed by atoms with E-state index in [0.717, 1.165) is 31.4 Å². The molecule has 2 aromatic rings. The molecule has 2 heteroatoms. The fourth-order valence-electron chi connectivity index (χ4n) is 3.53. The van der Waals surface area contributed by atoms with Gasteiger partial charge in [-0.3, -0.25) is 4.79 Å². The summed E-state index contributed by atoms with van der Waals surface area (Å²) in [4.78, 5) is 12.5. The first kappa shape index (κ1) is 12.6. The molecule has 1 N–H and O–H groups in total. The van der Waals surface area contributed by atoms with Gasteiger partial charge in [-0.2, -0.15) is 0 Å². The predicted molar refractivity (Wildman–Crippen MR) is 85.1 cm³/mol. The molecule has 0 saturated carbocycles. The van der Waals surface area contributed by atoms with Gasteiger partial charge in [-0.15, -0.1) is 0 Å². The largest absolute Gasteiger partial charge is 0.385 e. The Morgan fingerprint density at radius 1 is 1.14 bits per heavy atom. The van der Waals surface area contributed by atoms with E-state index in [1.165, 1.54) is 22.4 Å². The number of hydrogen-bond acceptors (Lipinski definition) is 2. The molecule has 1 aliphatic carbocycles. The van der Waals surface area contributed by atoms with Crippen LogP contribution in [-0.2, 0) is 12.8 Å². The molecular weight excluding hydrogens is 258 g/mol. The van der Waals surface area contributed by atoms with Crippen molar-refractivity contribution in [3.05, 3.63) is 64.7 Å². The second-order valence-corrected chi connectivity index (χ2v) is 6.13. The van der Waals surface area contributed by atoms with Crippen molar-refractivity contribution >= 4 is 11.5 Å². The van der Waals surface area contributed by atoms with Crippen molar-refractivity contribution in [3.63, 3.8) is 0 Å². The molecule has 106 valence electrons. The van der Waals surface area contributed by atoms with Crippen LogP contribution in [0.2, 0.25) is 0 Å². The molecule has 0 fully saturated rings. The number of hydrogen-bond donors (Lipinski definition) is 1. The fraction of sp³-hybridized carbons (Fsp3) is 0.316. The van der Waals surface area contributed by atoms with E-state index < -0.39 is 0 Å².